The number of aromatic nitrogens is 2. The third-order valence-electron chi connectivity index (χ3n) is 2.89. The number of rotatable bonds is 0. The summed E-state index contributed by atoms with van der Waals surface area (Å²) in [6.45, 7) is 1.52. The van der Waals surface area contributed by atoms with Gasteiger partial charge < -0.3 is 15.3 Å². The number of nitrogens with one attached hydrogen (secondary N) is 2. The number of hydrogen-bond donors (Lipinski definition) is 4. The Balaban J connectivity index is 0.000000172. The predicted molar refractivity (Wildman–Crippen MR) is 81.0 cm³/mol. The molecule has 0 radical (unpaired) electrons. The molecule has 5 N–H and O–H groups in total. The van der Waals surface area contributed by atoms with Crippen LogP contribution in [0.5, 0.6) is 5.75 Å². The fraction of sp³-hybridized carbons (Fsp3) is 0.0714. The minimum atomic E-state index is -0.404. The van der Waals surface area contributed by atoms with E-state index < -0.39 is 5.43 Å². The van der Waals surface area contributed by atoms with Crippen molar-refractivity contribution < 1.29 is 9.52 Å². The van der Waals surface area contributed by atoms with Gasteiger partial charge in [0.05, 0.1) is 17.0 Å². The van der Waals surface area contributed by atoms with Crippen LogP contribution < -0.4 is 22.3 Å². The van der Waals surface area contributed by atoms with Crippen LogP contribution in [0.4, 0.5) is 5.69 Å². The summed E-state index contributed by atoms with van der Waals surface area (Å²) in [5.41, 5.74) is 4.73. The molecule has 0 saturated carbocycles. The van der Waals surface area contributed by atoms with Crippen LogP contribution in [0.3, 0.4) is 0 Å². The molecule has 0 atom stereocenters. The maximum Gasteiger partial charge on any atom is 0.272 e. The zero-order chi connectivity index (χ0) is 16.3. The van der Waals surface area contributed by atoms with Crippen molar-refractivity contribution in [1.82, 2.24) is 10.2 Å². The zero-order valence-electron chi connectivity index (χ0n) is 11.5. The van der Waals surface area contributed by atoms with E-state index in [1.807, 2.05) is 0 Å². The molecule has 3 aromatic rings. The van der Waals surface area contributed by atoms with Crippen molar-refractivity contribution >= 4 is 16.5 Å². The number of aromatic amines is 2. The molecule has 22 heavy (non-hydrogen) atoms. The van der Waals surface area contributed by atoms with Gasteiger partial charge in [-0.15, -0.1) is 0 Å². The van der Waals surface area contributed by atoms with Crippen LogP contribution in [0.2, 0.25) is 0 Å². The molecule has 2 aromatic heterocycles. The number of fused-ring (bicyclic) bond motifs is 1. The van der Waals surface area contributed by atoms with Gasteiger partial charge in [0.15, 0.2) is 0 Å². The Morgan fingerprint density at radius 2 is 1.77 bits per heavy atom. The van der Waals surface area contributed by atoms with Crippen molar-refractivity contribution in [2.24, 2.45) is 0 Å². The van der Waals surface area contributed by atoms with Gasteiger partial charge >= 0.3 is 0 Å². The lowest BCUT2D eigenvalue weighted by Crippen LogP contribution is -2.19. The van der Waals surface area contributed by atoms with E-state index in [-0.39, 0.29) is 28.0 Å². The van der Waals surface area contributed by atoms with E-state index in [2.05, 4.69) is 14.6 Å². The molecule has 0 bridgehead atoms. The summed E-state index contributed by atoms with van der Waals surface area (Å²) in [7, 11) is 0. The maximum absolute atomic E-state index is 11.2. The second kappa shape index (κ2) is 6.00. The smallest absolute Gasteiger partial charge is 0.272 e. The summed E-state index contributed by atoms with van der Waals surface area (Å²) in [5, 5.41) is 13.8. The quantitative estimate of drug-likeness (QED) is 0.444. The van der Waals surface area contributed by atoms with Crippen LogP contribution >= 0.6 is 0 Å². The number of H-pyrrole nitrogens is 2. The Morgan fingerprint density at radius 1 is 1.09 bits per heavy atom. The highest BCUT2D eigenvalue weighted by molar-refractivity contribution is 5.91. The molecule has 0 unspecified atom stereocenters. The van der Waals surface area contributed by atoms with Crippen LogP contribution in [0, 0.1) is 6.92 Å². The summed E-state index contributed by atoms with van der Waals surface area (Å²) in [6, 6.07) is 5.94. The maximum atomic E-state index is 11.2. The Bertz CT molecular complexity index is 984. The largest absolute Gasteiger partial charge is 0.502 e. The molecule has 0 fully saturated rings. The SMILES string of the molecule is Cc1occc(=O)c1O.Nc1cccc2c(=O)[nH][nH]c(=O)c12. The molecule has 0 aliphatic carbocycles. The Hall–Kier alpha value is -3.29. The molecule has 0 saturated heterocycles. The van der Waals surface area contributed by atoms with Crippen molar-refractivity contribution in [3.05, 3.63) is 67.2 Å². The second-order valence-corrected chi connectivity index (χ2v) is 4.37. The first-order valence-corrected chi connectivity index (χ1v) is 6.18. The molecule has 8 heteroatoms. The van der Waals surface area contributed by atoms with Crippen LogP contribution in [0.25, 0.3) is 10.8 Å². The Labute approximate surface area is 122 Å². The van der Waals surface area contributed by atoms with E-state index in [1.54, 1.807) is 18.2 Å². The van der Waals surface area contributed by atoms with Crippen LogP contribution in [-0.4, -0.2) is 15.3 Å². The number of hydrogen-bond acceptors (Lipinski definition) is 6. The average Bonchev–Trinajstić information content (AvgIpc) is 2.49. The first-order valence-electron chi connectivity index (χ1n) is 6.18. The zero-order valence-corrected chi connectivity index (χ0v) is 11.5. The number of anilines is 1. The molecule has 0 amide bonds. The van der Waals surface area contributed by atoms with E-state index in [1.165, 1.54) is 19.3 Å². The minimum Gasteiger partial charge on any atom is -0.502 e. The van der Waals surface area contributed by atoms with Gasteiger partial charge in [0.25, 0.3) is 11.1 Å². The highest BCUT2D eigenvalue weighted by Crippen LogP contribution is 2.11. The van der Waals surface area contributed by atoms with Crippen molar-refractivity contribution in [2.45, 2.75) is 6.92 Å². The summed E-state index contributed by atoms with van der Waals surface area (Å²) in [4.78, 5) is 33.0. The third-order valence-corrected chi connectivity index (χ3v) is 2.89. The van der Waals surface area contributed by atoms with Gasteiger partial charge in [0.1, 0.15) is 5.76 Å². The molecule has 0 aliphatic heterocycles. The first kappa shape index (κ1) is 15.1. The van der Waals surface area contributed by atoms with Crippen molar-refractivity contribution in [1.29, 1.82) is 0 Å². The van der Waals surface area contributed by atoms with Gasteiger partial charge in [-0.2, -0.15) is 0 Å². The minimum absolute atomic E-state index is 0.242. The standard InChI is InChI=1S/C8H7N3O2.C6H6O3/c9-5-3-1-2-4-6(5)8(13)11-10-7(4)12;1-4-6(8)5(7)2-3-9-4/h1-3H,9H2,(H,10,12)(H,11,13);2-3,8H,1H3. The molecular formula is C14H13N3O5. The molecule has 114 valence electrons. The van der Waals surface area contributed by atoms with E-state index in [9.17, 15) is 14.4 Å². The molecule has 8 nitrogen and oxygen atoms in total. The number of nitrogen functional groups attached to an aromatic ring is 1. The lowest BCUT2D eigenvalue weighted by molar-refractivity contribution is 0.411. The third kappa shape index (κ3) is 2.90. The fourth-order valence-electron chi connectivity index (χ4n) is 1.76. The van der Waals surface area contributed by atoms with Gasteiger partial charge in [0, 0.05) is 11.8 Å². The molecule has 0 aliphatic rings. The van der Waals surface area contributed by atoms with E-state index in [0.29, 0.717) is 11.1 Å². The van der Waals surface area contributed by atoms with E-state index in [4.69, 9.17) is 10.8 Å². The molecular weight excluding hydrogens is 290 g/mol. The van der Waals surface area contributed by atoms with Gasteiger partial charge in [-0.3, -0.25) is 24.6 Å². The summed E-state index contributed by atoms with van der Waals surface area (Å²) in [5.74, 6) is -0.0556. The topological polar surface area (TPSA) is 142 Å². The normalized spacial score (nSPS) is 10.0. The van der Waals surface area contributed by atoms with Gasteiger partial charge in [-0.1, -0.05) is 6.07 Å². The number of nitrogens with two attached hydrogens (primary N) is 1. The average molecular weight is 303 g/mol. The fourth-order valence-corrected chi connectivity index (χ4v) is 1.76. The van der Waals surface area contributed by atoms with Crippen LogP contribution in [0.15, 0.2) is 49.3 Å². The monoisotopic (exact) mass is 303 g/mol. The first-order chi connectivity index (χ1) is 10.4. The van der Waals surface area contributed by atoms with Crippen molar-refractivity contribution in [2.75, 3.05) is 5.73 Å². The lowest BCUT2D eigenvalue weighted by atomic mass is 10.2. The molecule has 2 heterocycles. The van der Waals surface area contributed by atoms with Crippen LogP contribution in [0.1, 0.15) is 5.76 Å². The van der Waals surface area contributed by atoms with Crippen molar-refractivity contribution in [3.63, 3.8) is 0 Å². The van der Waals surface area contributed by atoms with Crippen molar-refractivity contribution in [3.8, 4) is 5.75 Å². The molecule has 1 aromatic carbocycles. The summed E-state index contributed by atoms with van der Waals surface area (Å²) >= 11 is 0. The van der Waals surface area contributed by atoms with Crippen LogP contribution in [-0.2, 0) is 0 Å². The van der Waals surface area contributed by atoms with Gasteiger partial charge in [-0.25, -0.2) is 0 Å². The Morgan fingerprint density at radius 3 is 2.36 bits per heavy atom. The highest BCUT2D eigenvalue weighted by atomic mass is 16.4. The van der Waals surface area contributed by atoms with Gasteiger partial charge in [0.2, 0.25) is 11.2 Å². The Kier molecular flexibility index (Phi) is 4.12. The van der Waals surface area contributed by atoms with Gasteiger partial charge in [-0.05, 0) is 19.1 Å². The number of benzene rings is 1. The van der Waals surface area contributed by atoms with E-state index >= 15 is 0 Å². The summed E-state index contributed by atoms with van der Waals surface area (Å²) in [6.07, 6.45) is 1.25. The summed E-state index contributed by atoms with van der Waals surface area (Å²) < 4.78 is 4.69. The number of aromatic hydroxyl groups is 1. The van der Waals surface area contributed by atoms with E-state index in [0.717, 1.165) is 0 Å². The second-order valence-electron chi connectivity index (χ2n) is 4.37. The molecule has 3 rings (SSSR count). The lowest BCUT2D eigenvalue weighted by Gasteiger charge is -1.97. The molecule has 0 spiro atoms. The number of aryl methyl sites for hydroxylation is 1. The highest BCUT2D eigenvalue weighted by Gasteiger charge is 2.04. The predicted octanol–water partition coefficient (Wildman–Crippen LogP) is 0.452.